The van der Waals surface area contributed by atoms with Crippen LogP contribution in [0.5, 0.6) is 0 Å². The zero-order chi connectivity index (χ0) is 21.6. The number of rotatable bonds is 8. The highest BCUT2D eigenvalue weighted by Crippen LogP contribution is 2.07. The van der Waals surface area contributed by atoms with Gasteiger partial charge in [0.2, 0.25) is 5.78 Å². The second kappa shape index (κ2) is 12.9. The Morgan fingerprint density at radius 2 is 1.24 bits per heavy atom. The van der Waals surface area contributed by atoms with Crippen LogP contribution in [0.3, 0.4) is 0 Å². The number of benzene rings is 1. The van der Waals surface area contributed by atoms with Crippen LogP contribution in [-0.4, -0.2) is 48.5 Å². The number of ether oxygens (including phenoxy) is 3. The monoisotopic (exact) mass is 403 g/mol. The Morgan fingerprint density at radius 1 is 0.759 bits per heavy atom. The number of H-pyrrole nitrogens is 1. The Hall–Kier alpha value is -3.42. The fourth-order valence-electron chi connectivity index (χ4n) is 2.18. The minimum atomic E-state index is -1.64. The Kier molecular flexibility index (Phi) is 10.5. The van der Waals surface area contributed by atoms with Gasteiger partial charge in [-0.05, 0) is 32.9 Å². The molecule has 0 aliphatic carbocycles. The summed E-state index contributed by atoms with van der Waals surface area (Å²) in [7, 11) is 0. The van der Waals surface area contributed by atoms with Crippen molar-refractivity contribution in [2.24, 2.45) is 5.92 Å². The topological polar surface area (TPSA) is 112 Å². The van der Waals surface area contributed by atoms with Crippen LogP contribution < -0.4 is 0 Å². The third-order valence-corrected chi connectivity index (χ3v) is 3.45. The van der Waals surface area contributed by atoms with E-state index in [9.17, 15) is 19.2 Å². The Balaban J connectivity index is 0.000000294. The highest BCUT2D eigenvalue weighted by atomic mass is 16.6. The molecule has 2 rings (SSSR count). The second-order valence-corrected chi connectivity index (χ2v) is 5.47. The molecule has 0 spiro atoms. The van der Waals surface area contributed by atoms with Gasteiger partial charge in [0.15, 0.2) is 0 Å². The quantitative estimate of drug-likeness (QED) is 0.312. The summed E-state index contributed by atoms with van der Waals surface area (Å²) in [5, 5.41) is 0. The van der Waals surface area contributed by atoms with Gasteiger partial charge in [0.25, 0.3) is 5.92 Å². The zero-order valence-corrected chi connectivity index (χ0v) is 16.7. The molecule has 1 aromatic carbocycles. The molecular formula is C21H25NO7. The van der Waals surface area contributed by atoms with Crippen molar-refractivity contribution >= 4 is 23.7 Å². The summed E-state index contributed by atoms with van der Waals surface area (Å²) in [6.45, 7) is 4.96. The van der Waals surface area contributed by atoms with Crippen molar-refractivity contribution in [3.8, 4) is 0 Å². The van der Waals surface area contributed by atoms with Crippen LogP contribution >= 0.6 is 0 Å². The molecule has 8 heteroatoms. The molecule has 0 aliphatic heterocycles. The van der Waals surface area contributed by atoms with Crippen molar-refractivity contribution in [2.75, 3.05) is 19.8 Å². The molecule has 0 bridgehead atoms. The van der Waals surface area contributed by atoms with Crippen molar-refractivity contribution in [1.82, 2.24) is 4.98 Å². The third-order valence-electron chi connectivity index (χ3n) is 3.45. The van der Waals surface area contributed by atoms with E-state index < -0.39 is 23.8 Å². The lowest BCUT2D eigenvalue weighted by molar-refractivity contribution is -0.171. The fraction of sp³-hybridized carbons (Fsp3) is 0.333. The minimum Gasteiger partial charge on any atom is -0.465 e. The van der Waals surface area contributed by atoms with Crippen LogP contribution in [0.4, 0.5) is 0 Å². The van der Waals surface area contributed by atoms with E-state index in [1.54, 1.807) is 33.0 Å². The van der Waals surface area contributed by atoms with Gasteiger partial charge in [-0.25, -0.2) is 0 Å². The van der Waals surface area contributed by atoms with E-state index in [0.717, 1.165) is 0 Å². The molecule has 0 fully saturated rings. The van der Waals surface area contributed by atoms with Crippen molar-refractivity contribution < 1.29 is 33.4 Å². The van der Waals surface area contributed by atoms with Crippen LogP contribution in [-0.2, 0) is 28.6 Å². The second-order valence-electron chi connectivity index (χ2n) is 5.47. The Morgan fingerprint density at radius 3 is 1.62 bits per heavy atom. The van der Waals surface area contributed by atoms with Crippen molar-refractivity contribution in [3.63, 3.8) is 0 Å². The van der Waals surface area contributed by atoms with Crippen LogP contribution in [0, 0.1) is 5.92 Å². The summed E-state index contributed by atoms with van der Waals surface area (Å²) in [5.74, 6) is -4.44. The van der Waals surface area contributed by atoms with Crippen LogP contribution in [0.25, 0.3) is 0 Å². The van der Waals surface area contributed by atoms with Crippen LogP contribution in [0.15, 0.2) is 48.7 Å². The predicted octanol–water partition coefficient (Wildman–Crippen LogP) is 2.54. The largest absolute Gasteiger partial charge is 0.465 e. The van der Waals surface area contributed by atoms with Crippen LogP contribution in [0.2, 0.25) is 0 Å². The van der Waals surface area contributed by atoms with E-state index in [2.05, 4.69) is 19.2 Å². The number of nitrogens with one attached hydrogen (secondary N) is 1. The molecule has 0 saturated carbocycles. The summed E-state index contributed by atoms with van der Waals surface area (Å²) >= 11 is 0. The Bertz CT molecular complexity index is 742. The van der Waals surface area contributed by atoms with Gasteiger partial charge in [0, 0.05) is 11.8 Å². The van der Waals surface area contributed by atoms with E-state index in [-0.39, 0.29) is 25.6 Å². The highest BCUT2D eigenvalue weighted by Gasteiger charge is 2.38. The first-order chi connectivity index (χ1) is 14.0. The molecule has 0 saturated heterocycles. The maximum Gasteiger partial charge on any atom is 0.331 e. The number of aromatic amines is 1. The lowest BCUT2D eigenvalue weighted by atomic mass is 10.1. The first-order valence-corrected chi connectivity index (χ1v) is 9.19. The molecular weight excluding hydrogens is 378 g/mol. The molecule has 0 unspecified atom stereocenters. The molecule has 29 heavy (non-hydrogen) atoms. The summed E-state index contributed by atoms with van der Waals surface area (Å²) in [4.78, 5) is 48.6. The summed E-state index contributed by atoms with van der Waals surface area (Å²) in [6.07, 6.45) is 1.75. The summed E-state index contributed by atoms with van der Waals surface area (Å²) < 4.78 is 13.8. The Labute approximate surface area is 169 Å². The summed E-state index contributed by atoms with van der Waals surface area (Å²) in [5.41, 5.74) is 1.34. The van der Waals surface area contributed by atoms with E-state index in [1.807, 2.05) is 36.4 Å². The molecule has 2 aromatic rings. The van der Waals surface area contributed by atoms with Gasteiger partial charge in [-0.2, -0.15) is 0 Å². The molecule has 1 heterocycles. The van der Waals surface area contributed by atoms with E-state index in [0.29, 0.717) is 11.3 Å². The highest BCUT2D eigenvalue weighted by molar-refractivity contribution is 6.12. The van der Waals surface area contributed by atoms with Gasteiger partial charge < -0.3 is 19.2 Å². The number of hydrogen-bond acceptors (Lipinski definition) is 7. The standard InChI is InChI=1S/C11H9NO.C10H16O6/c13-11(10-7-4-8-12-10)9-5-2-1-3-6-9;1-4-14-8(11)7(9(12)15-5-2)10(13)16-6-3/h1-8,12H;7H,4-6H2,1-3H3. The maximum absolute atomic E-state index is 11.7. The van der Waals surface area contributed by atoms with E-state index in [4.69, 9.17) is 0 Å². The zero-order valence-electron chi connectivity index (χ0n) is 16.7. The average Bonchev–Trinajstić information content (AvgIpc) is 3.24. The first-order valence-electron chi connectivity index (χ1n) is 9.19. The lowest BCUT2D eigenvalue weighted by Gasteiger charge is -2.12. The fourth-order valence-corrected chi connectivity index (χ4v) is 2.18. The van der Waals surface area contributed by atoms with Gasteiger partial charge in [0.1, 0.15) is 0 Å². The smallest absolute Gasteiger partial charge is 0.331 e. The molecule has 8 nitrogen and oxygen atoms in total. The predicted molar refractivity (Wildman–Crippen MR) is 104 cm³/mol. The normalized spacial score (nSPS) is 9.79. The minimum absolute atomic E-state index is 0.0330. The van der Waals surface area contributed by atoms with Gasteiger partial charge in [-0.3, -0.25) is 19.2 Å². The third kappa shape index (κ3) is 7.61. The number of carbonyl (C=O) groups excluding carboxylic acids is 4. The van der Waals surface area contributed by atoms with Gasteiger partial charge >= 0.3 is 17.9 Å². The SMILES string of the molecule is CCOC(=O)C(C(=O)OCC)C(=O)OCC.O=C(c1ccccc1)c1ccc[nH]1. The lowest BCUT2D eigenvalue weighted by Crippen LogP contribution is -2.36. The van der Waals surface area contributed by atoms with Gasteiger partial charge in [0.05, 0.1) is 25.5 Å². The molecule has 156 valence electrons. The molecule has 0 amide bonds. The van der Waals surface area contributed by atoms with E-state index >= 15 is 0 Å². The van der Waals surface area contributed by atoms with Crippen LogP contribution in [0.1, 0.15) is 36.8 Å². The van der Waals surface area contributed by atoms with Gasteiger partial charge in [-0.15, -0.1) is 0 Å². The van der Waals surface area contributed by atoms with Crippen molar-refractivity contribution in [1.29, 1.82) is 0 Å². The molecule has 0 atom stereocenters. The van der Waals surface area contributed by atoms with Crippen molar-refractivity contribution in [3.05, 3.63) is 59.9 Å². The molecule has 0 aliphatic rings. The number of carbonyl (C=O) groups is 4. The number of aromatic nitrogens is 1. The van der Waals surface area contributed by atoms with E-state index in [1.165, 1.54) is 0 Å². The number of ketones is 1. The maximum atomic E-state index is 11.7. The van der Waals surface area contributed by atoms with Gasteiger partial charge in [-0.1, -0.05) is 30.3 Å². The molecule has 1 N–H and O–H groups in total. The number of hydrogen-bond donors (Lipinski definition) is 1. The molecule has 0 radical (unpaired) electrons. The average molecular weight is 403 g/mol. The first kappa shape index (κ1) is 23.6. The summed E-state index contributed by atoms with van der Waals surface area (Å²) in [6, 6.07) is 12.8. The van der Waals surface area contributed by atoms with Crippen molar-refractivity contribution in [2.45, 2.75) is 20.8 Å². The number of esters is 3. The molecule has 1 aromatic heterocycles.